The van der Waals surface area contributed by atoms with Crippen LogP contribution in [0.3, 0.4) is 0 Å². The van der Waals surface area contributed by atoms with Crippen molar-refractivity contribution >= 4 is 21.5 Å². The Bertz CT molecular complexity index is 554. The highest BCUT2D eigenvalue weighted by atomic mass is 32.2. The maximum atomic E-state index is 12.2. The van der Waals surface area contributed by atoms with Crippen LogP contribution in [-0.4, -0.2) is 43.9 Å². The lowest BCUT2D eigenvalue weighted by atomic mass is 10.4. The molecule has 1 atom stereocenters. The van der Waals surface area contributed by atoms with Gasteiger partial charge >= 0.3 is 0 Å². The number of hydrogen-bond donors (Lipinski definition) is 2. The van der Waals surface area contributed by atoms with Gasteiger partial charge in [-0.05, 0) is 39.7 Å². The van der Waals surface area contributed by atoms with Crippen LogP contribution < -0.4 is 10.0 Å². The van der Waals surface area contributed by atoms with E-state index in [0.29, 0.717) is 12.6 Å². The molecule has 0 amide bonds. The topological polar surface area (TPSA) is 74.3 Å². The first kappa shape index (κ1) is 16.8. The van der Waals surface area contributed by atoms with Crippen molar-refractivity contribution in [2.75, 3.05) is 20.1 Å². The molecule has 1 aliphatic rings. The van der Waals surface area contributed by atoms with Crippen LogP contribution >= 0.6 is 11.3 Å². The zero-order chi connectivity index (χ0) is 15.5. The summed E-state index contributed by atoms with van der Waals surface area (Å²) < 4.78 is 28.5. The maximum absolute atomic E-state index is 12.2. The van der Waals surface area contributed by atoms with Crippen molar-refractivity contribution in [3.63, 3.8) is 0 Å². The third-order valence-electron chi connectivity index (χ3n) is 3.41. The minimum Gasteiger partial charge on any atom is -0.314 e. The van der Waals surface area contributed by atoms with Crippen LogP contribution in [0.4, 0.5) is 0 Å². The van der Waals surface area contributed by atoms with Crippen molar-refractivity contribution in [1.29, 1.82) is 0 Å². The maximum Gasteiger partial charge on any atom is 0.279 e. The summed E-state index contributed by atoms with van der Waals surface area (Å²) in [6.07, 6.45) is 5.08. The first-order valence-corrected chi connectivity index (χ1v) is 9.53. The molecule has 0 radical (unpaired) electrons. The molecule has 0 aromatic carbocycles. The molecule has 21 heavy (non-hydrogen) atoms. The highest BCUT2D eigenvalue weighted by molar-refractivity contribution is 7.87. The second kappa shape index (κ2) is 7.15. The average molecular weight is 332 g/mol. The van der Waals surface area contributed by atoms with Crippen molar-refractivity contribution in [1.82, 2.24) is 19.3 Å². The van der Waals surface area contributed by atoms with Crippen LogP contribution in [0.5, 0.6) is 0 Å². The van der Waals surface area contributed by atoms with Gasteiger partial charge in [0.15, 0.2) is 0 Å². The van der Waals surface area contributed by atoms with Gasteiger partial charge in [0.25, 0.3) is 10.2 Å². The van der Waals surface area contributed by atoms with Crippen LogP contribution in [0.15, 0.2) is 6.20 Å². The average Bonchev–Trinajstić information content (AvgIpc) is 3.13. The van der Waals surface area contributed by atoms with Gasteiger partial charge in [-0.3, -0.25) is 0 Å². The Morgan fingerprint density at radius 3 is 2.81 bits per heavy atom. The molecule has 1 aromatic heterocycles. The Morgan fingerprint density at radius 1 is 1.52 bits per heavy atom. The predicted octanol–water partition coefficient (Wildman–Crippen LogP) is 1.42. The summed E-state index contributed by atoms with van der Waals surface area (Å²) in [5.41, 5.74) is 0. The molecule has 0 saturated heterocycles. The Kier molecular flexibility index (Phi) is 5.73. The molecule has 1 heterocycles. The van der Waals surface area contributed by atoms with Crippen LogP contribution in [0, 0.1) is 6.92 Å². The lowest BCUT2D eigenvalue weighted by Crippen LogP contribution is -2.40. The van der Waals surface area contributed by atoms with E-state index in [1.807, 2.05) is 13.8 Å². The molecule has 8 heteroatoms. The van der Waals surface area contributed by atoms with E-state index in [2.05, 4.69) is 15.0 Å². The summed E-state index contributed by atoms with van der Waals surface area (Å²) in [7, 11) is -1.85. The Hall–Kier alpha value is -0.540. The third kappa shape index (κ3) is 5.30. The van der Waals surface area contributed by atoms with Crippen LogP contribution in [0.25, 0.3) is 0 Å². The zero-order valence-corrected chi connectivity index (χ0v) is 14.4. The number of nitrogens with one attached hydrogen (secondary N) is 2. The van der Waals surface area contributed by atoms with Gasteiger partial charge in [-0.1, -0.05) is 0 Å². The summed E-state index contributed by atoms with van der Waals surface area (Å²) in [4.78, 5) is 5.30. The summed E-state index contributed by atoms with van der Waals surface area (Å²) in [6.45, 7) is 5.16. The van der Waals surface area contributed by atoms with Gasteiger partial charge in [-0.15, -0.1) is 11.3 Å². The Balaban J connectivity index is 1.78. The van der Waals surface area contributed by atoms with Crippen molar-refractivity contribution in [3.8, 4) is 0 Å². The van der Waals surface area contributed by atoms with E-state index in [-0.39, 0.29) is 6.04 Å². The lowest BCUT2D eigenvalue weighted by Gasteiger charge is -2.20. The van der Waals surface area contributed by atoms with E-state index in [1.54, 1.807) is 13.2 Å². The second-order valence-corrected chi connectivity index (χ2v) is 8.63. The normalized spacial score (nSPS) is 17.3. The largest absolute Gasteiger partial charge is 0.314 e. The van der Waals surface area contributed by atoms with Gasteiger partial charge in [0.2, 0.25) is 0 Å². The van der Waals surface area contributed by atoms with Gasteiger partial charge in [0.1, 0.15) is 5.01 Å². The molecule has 6 nitrogen and oxygen atoms in total. The van der Waals surface area contributed by atoms with Gasteiger partial charge in [0, 0.05) is 30.7 Å². The van der Waals surface area contributed by atoms with Crippen molar-refractivity contribution in [3.05, 3.63) is 16.1 Å². The monoisotopic (exact) mass is 332 g/mol. The summed E-state index contributed by atoms with van der Waals surface area (Å²) in [6, 6.07) is 0.360. The number of thiazole rings is 1. The second-order valence-electron chi connectivity index (χ2n) is 5.56. The molecule has 1 saturated carbocycles. The molecule has 1 aliphatic carbocycles. The summed E-state index contributed by atoms with van der Waals surface area (Å²) in [5, 5.41) is 4.17. The van der Waals surface area contributed by atoms with Crippen LogP contribution in [0.1, 0.15) is 42.1 Å². The van der Waals surface area contributed by atoms with E-state index >= 15 is 0 Å². The van der Waals surface area contributed by atoms with E-state index < -0.39 is 10.2 Å². The van der Waals surface area contributed by atoms with Crippen molar-refractivity contribution in [2.45, 2.75) is 45.2 Å². The smallest absolute Gasteiger partial charge is 0.279 e. The zero-order valence-electron chi connectivity index (χ0n) is 12.8. The minimum atomic E-state index is -3.46. The highest BCUT2D eigenvalue weighted by Gasteiger charge is 2.23. The molecular weight excluding hydrogens is 308 g/mol. The van der Waals surface area contributed by atoms with Crippen molar-refractivity contribution in [2.24, 2.45) is 0 Å². The van der Waals surface area contributed by atoms with E-state index in [0.717, 1.165) is 22.9 Å². The van der Waals surface area contributed by atoms with Gasteiger partial charge in [0.05, 0.1) is 6.04 Å². The SMILES string of the molecule is Cc1cnc(C(C)NS(=O)(=O)N(C)CCCNC2CC2)s1. The fourth-order valence-electron chi connectivity index (χ4n) is 1.95. The van der Waals surface area contributed by atoms with Gasteiger partial charge < -0.3 is 5.32 Å². The molecule has 2 N–H and O–H groups in total. The minimum absolute atomic E-state index is 0.305. The first-order chi connectivity index (χ1) is 9.88. The molecule has 0 aliphatic heterocycles. The molecule has 2 rings (SSSR count). The number of aromatic nitrogens is 1. The molecule has 1 fully saturated rings. The molecule has 1 aromatic rings. The Morgan fingerprint density at radius 2 is 2.24 bits per heavy atom. The number of rotatable bonds is 9. The number of aryl methyl sites for hydroxylation is 1. The fraction of sp³-hybridized carbons (Fsp3) is 0.769. The van der Waals surface area contributed by atoms with E-state index in [1.165, 1.54) is 28.5 Å². The molecule has 0 spiro atoms. The molecule has 1 unspecified atom stereocenters. The van der Waals surface area contributed by atoms with Gasteiger partial charge in [-0.2, -0.15) is 17.4 Å². The lowest BCUT2D eigenvalue weighted by molar-refractivity contribution is 0.438. The fourth-order valence-corrected chi connectivity index (χ4v) is 3.91. The molecule has 120 valence electrons. The molecular formula is C13H24N4O2S2. The summed E-state index contributed by atoms with van der Waals surface area (Å²) >= 11 is 1.51. The summed E-state index contributed by atoms with van der Waals surface area (Å²) in [5.74, 6) is 0. The van der Waals surface area contributed by atoms with Crippen molar-refractivity contribution < 1.29 is 8.42 Å². The number of hydrogen-bond acceptors (Lipinski definition) is 5. The quantitative estimate of drug-likeness (QED) is 0.671. The Labute approximate surface area is 131 Å². The molecule has 0 bridgehead atoms. The van der Waals surface area contributed by atoms with Crippen LogP contribution in [0.2, 0.25) is 0 Å². The predicted molar refractivity (Wildman–Crippen MR) is 85.6 cm³/mol. The highest BCUT2D eigenvalue weighted by Crippen LogP contribution is 2.20. The standard InChI is InChI=1S/C13H24N4O2S2/c1-10-9-15-13(20-10)11(2)16-21(18,19)17(3)8-4-7-14-12-5-6-12/h9,11-12,14,16H,4-8H2,1-3H3. The van der Waals surface area contributed by atoms with Crippen LogP contribution in [-0.2, 0) is 10.2 Å². The van der Waals surface area contributed by atoms with E-state index in [9.17, 15) is 8.42 Å². The first-order valence-electron chi connectivity index (χ1n) is 7.28. The number of nitrogens with zero attached hydrogens (tertiary/aromatic N) is 2. The van der Waals surface area contributed by atoms with E-state index in [4.69, 9.17) is 0 Å². The van der Waals surface area contributed by atoms with Gasteiger partial charge in [-0.25, -0.2) is 4.98 Å². The third-order valence-corrected chi connectivity index (χ3v) is 6.16.